The number of pyridine rings is 1. The van der Waals surface area contributed by atoms with Gasteiger partial charge in [-0.1, -0.05) is 30.3 Å². The highest BCUT2D eigenvalue weighted by Gasteiger charge is 2.58. The molecule has 0 radical (unpaired) electrons. The summed E-state index contributed by atoms with van der Waals surface area (Å²) in [7, 11) is -1.04. The molecule has 2 aliphatic heterocycles. The average Bonchev–Trinajstić information content (AvgIpc) is 3.35. The maximum atomic E-state index is 15.2. The molecule has 1 atom stereocenters. The van der Waals surface area contributed by atoms with Crippen molar-refractivity contribution in [3.63, 3.8) is 0 Å². The topological polar surface area (TPSA) is 128 Å². The highest BCUT2D eigenvalue weighted by molar-refractivity contribution is 7.93. The highest BCUT2D eigenvalue weighted by atomic mass is 32.2. The Morgan fingerprint density at radius 1 is 0.957 bits per heavy atom. The quantitative estimate of drug-likeness (QED) is 0.270. The Hall–Kier alpha value is -4.96. The van der Waals surface area contributed by atoms with Crippen LogP contribution in [0.2, 0.25) is 0 Å². The smallest absolute Gasteiger partial charge is 0.274 e. The third kappa shape index (κ3) is 5.56. The predicted molar refractivity (Wildman–Crippen MR) is 178 cm³/mol. The first-order chi connectivity index (χ1) is 22.8. The average molecular weight is 653 g/mol. The number of carbonyl (C=O) groups is 1. The molecule has 1 saturated heterocycles. The maximum Gasteiger partial charge on any atom is 0.274 e. The number of sulfonamides is 1. The lowest BCUT2D eigenvalue weighted by atomic mass is 9.83. The summed E-state index contributed by atoms with van der Waals surface area (Å²) < 4.78 is 41.2. The predicted octanol–water partition coefficient (Wildman–Crippen LogP) is 3.88. The number of hydrogen-bond donors (Lipinski definition) is 1. The molecular weight excluding hydrogens is 616 g/mol. The molecule has 0 saturated carbocycles. The number of piperazine rings is 1. The van der Waals surface area contributed by atoms with Gasteiger partial charge >= 0.3 is 0 Å². The Morgan fingerprint density at radius 2 is 1.70 bits per heavy atom. The van der Waals surface area contributed by atoms with Crippen molar-refractivity contribution >= 4 is 27.3 Å². The first-order valence-corrected chi connectivity index (χ1v) is 16.8. The van der Waals surface area contributed by atoms with E-state index in [1.165, 1.54) is 31.4 Å². The van der Waals surface area contributed by atoms with E-state index in [-0.39, 0.29) is 40.9 Å². The normalized spacial score (nSPS) is 18.1. The molecule has 2 aliphatic rings. The number of ether oxygens (including phenoxy) is 2. The number of rotatable bonds is 10. The number of para-hydroxylation sites is 2. The van der Waals surface area contributed by atoms with Crippen LogP contribution in [-0.4, -0.2) is 71.2 Å². The van der Waals surface area contributed by atoms with Gasteiger partial charge in [-0.2, -0.15) is 5.26 Å². The number of carbonyl (C=O) groups excluding carboxylic acids is 1. The zero-order valence-electron chi connectivity index (χ0n) is 26.5. The summed E-state index contributed by atoms with van der Waals surface area (Å²) >= 11 is 0. The molecule has 12 heteroatoms. The molecule has 1 unspecified atom stereocenters. The van der Waals surface area contributed by atoms with Crippen LogP contribution < -0.4 is 24.0 Å². The Bertz CT molecular complexity index is 1950. The van der Waals surface area contributed by atoms with Crippen molar-refractivity contribution in [2.75, 3.05) is 56.1 Å². The number of nitriles is 1. The van der Waals surface area contributed by atoms with Crippen LogP contribution in [0.1, 0.15) is 29.2 Å². The summed E-state index contributed by atoms with van der Waals surface area (Å²) in [5.74, 6) is -0.508. The van der Waals surface area contributed by atoms with Crippen molar-refractivity contribution in [3.05, 3.63) is 107 Å². The summed E-state index contributed by atoms with van der Waals surface area (Å²) in [6.45, 7) is 5.76. The second kappa shape index (κ2) is 13.0. The van der Waals surface area contributed by atoms with Crippen molar-refractivity contribution in [2.45, 2.75) is 23.9 Å². The summed E-state index contributed by atoms with van der Waals surface area (Å²) in [4.78, 5) is 24.0. The van der Waals surface area contributed by atoms with E-state index in [1.54, 1.807) is 36.5 Å². The Morgan fingerprint density at radius 3 is 2.45 bits per heavy atom. The molecular formula is C35H36N6O5S. The van der Waals surface area contributed by atoms with E-state index in [2.05, 4.69) is 39.3 Å². The van der Waals surface area contributed by atoms with E-state index in [1.807, 2.05) is 25.1 Å². The van der Waals surface area contributed by atoms with E-state index in [4.69, 9.17) is 9.47 Å². The fourth-order valence-electron chi connectivity index (χ4n) is 6.33. The molecule has 0 spiro atoms. The molecule has 4 aromatic rings. The van der Waals surface area contributed by atoms with E-state index in [0.29, 0.717) is 11.1 Å². The zero-order valence-corrected chi connectivity index (χ0v) is 27.3. The minimum Gasteiger partial charge on any atom is -0.495 e. The SMILES string of the molecule is CCOc1ncccc1C1(NCc2ccccc2N2CCN(C)CC2)C(=O)N(S(=O)(=O)c2ccccc2OC)c2ccc(C#N)cc21. The molecule has 6 rings (SSSR count). The van der Waals surface area contributed by atoms with E-state index < -0.39 is 21.5 Å². The molecule has 1 N–H and O–H groups in total. The van der Waals surface area contributed by atoms with Gasteiger partial charge in [0, 0.05) is 55.7 Å². The lowest BCUT2D eigenvalue weighted by Crippen LogP contribution is -2.53. The van der Waals surface area contributed by atoms with Crippen LogP contribution >= 0.6 is 0 Å². The van der Waals surface area contributed by atoms with Gasteiger partial charge in [-0.05, 0) is 68.1 Å². The standard InChI is InChI=1S/C35H36N6O5S/c1-4-46-33-27(11-9-17-37-33)35(38-24-26-10-5-6-12-29(26)40-20-18-39(2)19-21-40)28-22-25(23-36)15-16-30(28)41(34(35)42)47(43,44)32-14-8-7-13-31(32)45-3/h5-17,22,38H,4,18-21,24H2,1-3H3. The minimum atomic E-state index is -4.52. The molecule has 1 amide bonds. The minimum absolute atomic E-state index is 0.0958. The largest absolute Gasteiger partial charge is 0.495 e. The number of amides is 1. The number of likely N-dealkylation sites (N-methyl/N-ethyl adjacent to an activating group) is 1. The van der Waals surface area contributed by atoms with Gasteiger partial charge in [0.25, 0.3) is 15.9 Å². The van der Waals surface area contributed by atoms with Crippen LogP contribution in [0.25, 0.3) is 0 Å². The van der Waals surface area contributed by atoms with Gasteiger partial charge in [-0.3, -0.25) is 10.1 Å². The van der Waals surface area contributed by atoms with Crippen LogP contribution in [0, 0.1) is 11.3 Å². The number of nitrogens with zero attached hydrogens (tertiary/aromatic N) is 5. The van der Waals surface area contributed by atoms with Gasteiger partial charge in [-0.15, -0.1) is 0 Å². The first-order valence-electron chi connectivity index (χ1n) is 15.4. The molecule has 0 aliphatic carbocycles. The molecule has 0 bridgehead atoms. The monoisotopic (exact) mass is 652 g/mol. The van der Waals surface area contributed by atoms with Gasteiger partial charge in [0.1, 0.15) is 10.6 Å². The fraction of sp³-hybridized carbons (Fsp3) is 0.286. The zero-order chi connectivity index (χ0) is 33.2. The highest BCUT2D eigenvalue weighted by Crippen LogP contribution is 2.50. The van der Waals surface area contributed by atoms with Crippen molar-refractivity contribution in [3.8, 4) is 17.7 Å². The van der Waals surface area contributed by atoms with Crippen LogP contribution in [0.15, 0.2) is 90.0 Å². The molecule has 1 fully saturated rings. The number of anilines is 2. The van der Waals surface area contributed by atoms with Gasteiger partial charge < -0.3 is 19.3 Å². The van der Waals surface area contributed by atoms with Gasteiger partial charge in [0.05, 0.1) is 31.0 Å². The van der Waals surface area contributed by atoms with E-state index in [9.17, 15) is 13.7 Å². The van der Waals surface area contributed by atoms with Crippen LogP contribution in [0.5, 0.6) is 11.6 Å². The lowest BCUT2D eigenvalue weighted by Gasteiger charge is -2.36. The van der Waals surface area contributed by atoms with Crippen LogP contribution in [0.3, 0.4) is 0 Å². The van der Waals surface area contributed by atoms with E-state index >= 15 is 4.79 Å². The van der Waals surface area contributed by atoms with Crippen LogP contribution in [0.4, 0.5) is 11.4 Å². The summed E-state index contributed by atoms with van der Waals surface area (Å²) in [6, 6.07) is 24.2. The van der Waals surface area contributed by atoms with E-state index in [0.717, 1.165) is 41.7 Å². The molecule has 1 aromatic heterocycles. The summed E-state index contributed by atoms with van der Waals surface area (Å²) in [6.07, 6.45) is 1.56. The van der Waals surface area contributed by atoms with Crippen LogP contribution in [-0.2, 0) is 26.9 Å². The van der Waals surface area contributed by atoms with Gasteiger partial charge in [-0.25, -0.2) is 17.7 Å². The lowest BCUT2D eigenvalue weighted by molar-refractivity contribution is -0.121. The third-order valence-corrected chi connectivity index (χ3v) is 10.4. The van der Waals surface area contributed by atoms with Crippen molar-refractivity contribution in [1.29, 1.82) is 5.26 Å². The molecule has 47 heavy (non-hydrogen) atoms. The van der Waals surface area contributed by atoms with Crippen molar-refractivity contribution < 1.29 is 22.7 Å². The summed E-state index contributed by atoms with van der Waals surface area (Å²) in [5.41, 5.74) is 1.16. The Balaban J connectivity index is 1.56. The fourth-order valence-corrected chi connectivity index (χ4v) is 7.95. The number of methoxy groups -OCH3 is 1. The first kappa shape index (κ1) is 32.0. The van der Waals surface area contributed by atoms with Gasteiger partial charge in [0.2, 0.25) is 5.88 Å². The number of aromatic nitrogens is 1. The molecule has 242 valence electrons. The van der Waals surface area contributed by atoms with Crippen molar-refractivity contribution in [2.24, 2.45) is 0 Å². The molecule has 3 aromatic carbocycles. The Kier molecular flexibility index (Phi) is 8.88. The second-order valence-electron chi connectivity index (χ2n) is 11.4. The maximum absolute atomic E-state index is 15.2. The number of benzene rings is 3. The summed E-state index contributed by atoms with van der Waals surface area (Å²) in [5, 5.41) is 13.4. The third-order valence-electron chi connectivity index (χ3n) is 8.68. The Labute approximate surface area is 275 Å². The number of nitrogens with one attached hydrogen (secondary N) is 1. The number of fused-ring (bicyclic) bond motifs is 1. The number of hydrogen-bond acceptors (Lipinski definition) is 10. The molecule has 3 heterocycles. The molecule has 11 nitrogen and oxygen atoms in total. The van der Waals surface area contributed by atoms with Gasteiger partial charge in [0.15, 0.2) is 5.54 Å². The van der Waals surface area contributed by atoms with Crippen molar-refractivity contribution in [1.82, 2.24) is 15.2 Å². The second-order valence-corrected chi connectivity index (χ2v) is 13.1.